The second-order valence-electron chi connectivity index (χ2n) is 5.56. The highest BCUT2D eigenvalue weighted by molar-refractivity contribution is 5.76. The first-order valence-corrected chi connectivity index (χ1v) is 8.05. The molecule has 19 heavy (non-hydrogen) atoms. The number of nitrogens with one attached hydrogen (secondary N) is 2. The van der Waals surface area contributed by atoms with Crippen molar-refractivity contribution in [2.75, 3.05) is 6.54 Å². The predicted octanol–water partition coefficient (Wildman–Crippen LogP) is 4.49. The van der Waals surface area contributed by atoms with Crippen molar-refractivity contribution in [3.8, 4) is 0 Å². The lowest BCUT2D eigenvalue weighted by atomic mass is 10.0. The van der Waals surface area contributed by atoms with Crippen LogP contribution in [0.4, 0.5) is 4.79 Å². The largest absolute Gasteiger partial charge is 0.334 e. The van der Waals surface area contributed by atoms with Gasteiger partial charge in [0.1, 0.15) is 0 Å². The molecule has 0 radical (unpaired) electrons. The van der Waals surface area contributed by atoms with Crippen LogP contribution in [0.2, 0.25) is 0 Å². The molecule has 0 aromatic rings. The van der Waals surface area contributed by atoms with Crippen molar-refractivity contribution >= 4 is 6.03 Å². The van der Waals surface area contributed by atoms with Gasteiger partial charge in [-0.05, 0) is 18.4 Å². The molecule has 0 unspecified atom stereocenters. The van der Waals surface area contributed by atoms with Gasteiger partial charge in [0.25, 0.3) is 0 Å². The summed E-state index contributed by atoms with van der Waals surface area (Å²) >= 11 is 0. The van der Waals surface area contributed by atoms with Crippen LogP contribution in [0.15, 0.2) is 11.8 Å². The van der Waals surface area contributed by atoms with Crippen LogP contribution >= 0.6 is 0 Å². The fraction of sp³-hybridized carbons (Fsp3) is 0.812. The van der Waals surface area contributed by atoms with E-state index in [1.54, 1.807) is 0 Å². The van der Waals surface area contributed by atoms with Crippen LogP contribution in [0.3, 0.4) is 0 Å². The lowest BCUT2D eigenvalue weighted by Crippen LogP contribution is -2.38. The van der Waals surface area contributed by atoms with Gasteiger partial charge in [-0.3, -0.25) is 0 Å². The van der Waals surface area contributed by atoms with Gasteiger partial charge in [0.05, 0.1) is 0 Å². The van der Waals surface area contributed by atoms with E-state index in [0.29, 0.717) is 0 Å². The third-order valence-corrected chi connectivity index (χ3v) is 3.73. The van der Waals surface area contributed by atoms with Crippen LogP contribution in [0.25, 0.3) is 0 Å². The maximum absolute atomic E-state index is 10.9. The average molecular weight is 266 g/mol. The molecule has 2 N–H and O–H groups in total. The Bertz CT molecular complexity index is 274. The highest BCUT2D eigenvalue weighted by Crippen LogP contribution is 2.13. The first-order valence-electron chi connectivity index (χ1n) is 8.05. The van der Waals surface area contributed by atoms with E-state index in [1.165, 1.54) is 69.8 Å². The van der Waals surface area contributed by atoms with E-state index in [2.05, 4.69) is 17.6 Å². The van der Waals surface area contributed by atoms with E-state index >= 15 is 0 Å². The SMILES string of the molecule is CCCCCCCCCCCCC1=CNC(=O)NC1. The molecular formula is C16H30N2O. The molecule has 1 rings (SSSR count). The molecule has 0 saturated heterocycles. The Hall–Kier alpha value is -0.990. The standard InChI is InChI=1S/C16H30N2O/c1-2-3-4-5-6-7-8-9-10-11-12-15-13-17-16(19)18-14-15/h13H,2-12,14H2,1H3,(H2,17,18,19). The van der Waals surface area contributed by atoms with Crippen LogP contribution in [-0.2, 0) is 0 Å². The Morgan fingerprint density at radius 2 is 1.53 bits per heavy atom. The quantitative estimate of drug-likeness (QED) is 0.531. The van der Waals surface area contributed by atoms with Gasteiger partial charge in [0.15, 0.2) is 0 Å². The van der Waals surface area contributed by atoms with Crippen molar-refractivity contribution in [3.63, 3.8) is 0 Å². The molecule has 0 aliphatic carbocycles. The normalized spacial score (nSPS) is 14.8. The monoisotopic (exact) mass is 266 g/mol. The maximum Gasteiger partial charge on any atom is 0.319 e. The smallest absolute Gasteiger partial charge is 0.319 e. The summed E-state index contributed by atoms with van der Waals surface area (Å²) in [6.45, 7) is 2.99. The van der Waals surface area contributed by atoms with Crippen LogP contribution in [-0.4, -0.2) is 12.6 Å². The molecule has 0 spiro atoms. The summed E-state index contributed by atoms with van der Waals surface area (Å²) in [5.41, 5.74) is 1.32. The molecule has 0 aromatic carbocycles. The second-order valence-corrected chi connectivity index (χ2v) is 5.56. The summed E-state index contributed by atoms with van der Waals surface area (Å²) in [6, 6.07) is -0.0770. The van der Waals surface area contributed by atoms with Crippen LogP contribution in [0.1, 0.15) is 77.6 Å². The number of hydrogen-bond donors (Lipinski definition) is 2. The molecule has 0 bridgehead atoms. The van der Waals surface area contributed by atoms with E-state index in [-0.39, 0.29) is 6.03 Å². The number of carbonyl (C=O) groups is 1. The number of urea groups is 1. The fourth-order valence-corrected chi connectivity index (χ4v) is 2.46. The maximum atomic E-state index is 10.9. The molecule has 3 heteroatoms. The molecule has 0 saturated carbocycles. The molecule has 1 aliphatic rings. The Kier molecular flexibility index (Phi) is 9.21. The van der Waals surface area contributed by atoms with Gasteiger partial charge in [-0.25, -0.2) is 4.79 Å². The Labute approximate surface area is 118 Å². The zero-order chi connectivity index (χ0) is 13.8. The summed E-state index contributed by atoms with van der Waals surface area (Å²) in [5.74, 6) is 0. The van der Waals surface area contributed by atoms with Crippen molar-refractivity contribution in [2.45, 2.75) is 77.6 Å². The summed E-state index contributed by atoms with van der Waals surface area (Å²) in [5, 5.41) is 5.50. The van der Waals surface area contributed by atoms with Gasteiger partial charge < -0.3 is 10.6 Å². The number of unbranched alkanes of at least 4 members (excludes halogenated alkanes) is 9. The Morgan fingerprint density at radius 1 is 0.947 bits per heavy atom. The van der Waals surface area contributed by atoms with E-state index < -0.39 is 0 Å². The van der Waals surface area contributed by atoms with Crippen LogP contribution in [0.5, 0.6) is 0 Å². The Balaban J connectivity index is 1.82. The lowest BCUT2D eigenvalue weighted by molar-refractivity contribution is 0.243. The molecule has 0 fully saturated rings. The summed E-state index contributed by atoms with van der Waals surface area (Å²) < 4.78 is 0. The van der Waals surface area contributed by atoms with Crippen molar-refractivity contribution in [2.24, 2.45) is 0 Å². The zero-order valence-electron chi connectivity index (χ0n) is 12.5. The number of amides is 2. The molecule has 110 valence electrons. The minimum absolute atomic E-state index is 0.0770. The zero-order valence-corrected chi connectivity index (χ0v) is 12.5. The first-order chi connectivity index (χ1) is 9.33. The number of hydrogen-bond acceptors (Lipinski definition) is 1. The summed E-state index contributed by atoms with van der Waals surface area (Å²) in [7, 11) is 0. The molecule has 2 amide bonds. The highest BCUT2D eigenvalue weighted by Gasteiger charge is 2.07. The second kappa shape index (κ2) is 10.9. The fourth-order valence-electron chi connectivity index (χ4n) is 2.46. The van der Waals surface area contributed by atoms with Gasteiger partial charge in [0.2, 0.25) is 0 Å². The summed E-state index contributed by atoms with van der Waals surface area (Å²) in [4.78, 5) is 10.9. The van der Waals surface area contributed by atoms with Gasteiger partial charge in [-0.2, -0.15) is 0 Å². The van der Waals surface area contributed by atoms with E-state index in [9.17, 15) is 4.79 Å². The van der Waals surface area contributed by atoms with Gasteiger partial charge in [-0.1, -0.05) is 64.7 Å². The molecule has 1 heterocycles. The van der Waals surface area contributed by atoms with Crippen molar-refractivity contribution in [1.82, 2.24) is 10.6 Å². The van der Waals surface area contributed by atoms with Crippen LogP contribution < -0.4 is 10.6 Å². The molecule has 3 nitrogen and oxygen atoms in total. The Morgan fingerprint density at radius 3 is 2.05 bits per heavy atom. The van der Waals surface area contributed by atoms with Crippen LogP contribution in [0, 0.1) is 0 Å². The first kappa shape index (κ1) is 16.1. The van der Waals surface area contributed by atoms with Gasteiger partial charge in [-0.15, -0.1) is 0 Å². The van der Waals surface area contributed by atoms with Crippen molar-refractivity contribution in [3.05, 3.63) is 11.8 Å². The lowest BCUT2D eigenvalue weighted by Gasteiger charge is -2.14. The van der Waals surface area contributed by atoms with E-state index in [0.717, 1.165) is 13.0 Å². The minimum Gasteiger partial charge on any atom is -0.334 e. The number of carbonyl (C=O) groups excluding carboxylic acids is 1. The third kappa shape index (κ3) is 8.68. The highest BCUT2D eigenvalue weighted by atomic mass is 16.2. The van der Waals surface area contributed by atoms with E-state index in [1.807, 2.05) is 6.20 Å². The predicted molar refractivity (Wildman–Crippen MR) is 81.1 cm³/mol. The van der Waals surface area contributed by atoms with Gasteiger partial charge in [0, 0.05) is 12.7 Å². The molecule has 1 aliphatic heterocycles. The average Bonchev–Trinajstić information content (AvgIpc) is 2.43. The van der Waals surface area contributed by atoms with Crippen molar-refractivity contribution in [1.29, 1.82) is 0 Å². The topological polar surface area (TPSA) is 41.1 Å². The number of rotatable bonds is 11. The third-order valence-electron chi connectivity index (χ3n) is 3.73. The van der Waals surface area contributed by atoms with Gasteiger partial charge >= 0.3 is 6.03 Å². The van der Waals surface area contributed by atoms with E-state index in [4.69, 9.17) is 0 Å². The molecular weight excluding hydrogens is 236 g/mol. The summed E-state index contributed by atoms with van der Waals surface area (Å²) in [6.07, 6.45) is 16.7. The molecule has 0 atom stereocenters. The molecule has 0 aromatic heterocycles. The minimum atomic E-state index is -0.0770. The van der Waals surface area contributed by atoms with Crippen molar-refractivity contribution < 1.29 is 4.79 Å².